The van der Waals surface area contributed by atoms with E-state index in [0.717, 1.165) is 6.20 Å². The van der Waals surface area contributed by atoms with E-state index < -0.39 is 4.92 Å². The largest absolute Gasteiger partial charge is 0.368 e. The van der Waals surface area contributed by atoms with Crippen LogP contribution in [0.2, 0.25) is 0 Å². The molecule has 0 atom stereocenters. The monoisotopic (exact) mass is 234 g/mol. The van der Waals surface area contributed by atoms with Crippen molar-refractivity contribution < 1.29 is 4.92 Å². The molecule has 8 heteroatoms. The third-order valence-electron chi connectivity index (χ3n) is 2.24. The van der Waals surface area contributed by atoms with Gasteiger partial charge in [0.15, 0.2) is 5.69 Å². The third-order valence-corrected chi connectivity index (χ3v) is 2.24. The molecule has 0 radical (unpaired) electrons. The summed E-state index contributed by atoms with van der Waals surface area (Å²) >= 11 is 0. The Hall–Kier alpha value is -2.51. The van der Waals surface area contributed by atoms with Crippen molar-refractivity contribution in [3.63, 3.8) is 0 Å². The van der Waals surface area contributed by atoms with Gasteiger partial charge in [-0.1, -0.05) is 0 Å². The summed E-state index contributed by atoms with van der Waals surface area (Å²) in [5.41, 5.74) is 6.00. The highest BCUT2D eigenvalue weighted by Crippen LogP contribution is 2.27. The molecular weight excluding hydrogens is 224 g/mol. The zero-order valence-electron chi connectivity index (χ0n) is 9.07. The average Bonchev–Trinajstić information content (AvgIpc) is 2.76. The molecule has 2 aromatic rings. The summed E-state index contributed by atoms with van der Waals surface area (Å²) < 4.78 is 1.61. The van der Waals surface area contributed by atoms with Gasteiger partial charge in [0.25, 0.3) is 0 Å². The van der Waals surface area contributed by atoms with Crippen LogP contribution in [0.15, 0.2) is 18.5 Å². The maximum Gasteiger partial charge on any atom is 0.315 e. The lowest BCUT2D eigenvalue weighted by Gasteiger charge is -2.04. The molecule has 88 valence electrons. The smallest absolute Gasteiger partial charge is 0.315 e. The minimum atomic E-state index is -0.540. The predicted molar refractivity (Wildman–Crippen MR) is 60.0 cm³/mol. The van der Waals surface area contributed by atoms with Gasteiger partial charge >= 0.3 is 5.69 Å². The normalized spacial score (nSPS) is 10.4. The molecule has 0 aliphatic heterocycles. The van der Waals surface area contributed by atoms with Gasteiger partial charge in [0.05, 0.1) is 10.6 Å². The number of nitro groups is 1. The van der Waals surface area contributed by atoms with Crippen molar-refractivity contribution in [2.75, 3.05) is 5.73 Å². The van der Waals surface area contributed by atoms with Crippen molar-refractivity contribution in [2.24, 2.45) is 0 Å². The van der Waals surface area contributed by atoms with Crippen molar-refractivity contribution in [1.82, 2.24) is 19.7 Å². The Bertz CT molecular complexity index is 564. The maximum atomic E-state index is 10.9. The topological polar surface area (TPSA) is 113 Å². The molecule has 2 heterocycles. The quantitative estimate of drug-likeness (QED) is 0.622. The Morgan fingerprint density at radius 3 is 3.00 bits per heavy atom. The Kier molecular flexibility index (Phi) is 2.69. The van der Waals surface area contributed by atoms with Gasteiger partial charge in [-0.05, 0) is 13.0 Å². The number of aromatic nitrogens is 4. The number of nitrogens with zero attached hydrogens (tertiary/aromatic N) is 5. The molecule has 0 aromatic carbocycles. The van der Waals surface area contributed by atoms with E-state index in [0.29, 0.717) is 12.2 Å². The molecule has 0 aliphatic rings. The van der Waals surface area contributed by atoms with E-state index in [1.165, 1.54) is 0 Å². The van der Waals surface area contributed by atoms with Gasteiger partial charge in [0.2, 0.25) is 5.95 Å². The van der Waals surface area contributed by atoms with Crippen LogP contribution in [0, 0.1) is 10.1 Å². The number of hydrogen-bond donors (Lipinski definition) is 1. The van der Waals surface area contributed by atoms with Crippen molar-refractivity contribution in [2.45, 2.75) is 13.5 Å². The fourth-order valence-corrected chi connectivity index (χ4v) is 1.50. The highest BCUT2D eigenvalue weighted by atomic mass is 16.6. The maximum absolute atomic E-state index is 10.9. The van der Waals surface area contributed by atoms with E-state index in [-0.39, 0.29) is 17.3 Å². The molecule has 0 aliphatic carbocycles. The van der Waals surface area contributed by atoms with Crippen molar-refractivity contribution in [3.8, 4) is 11.4 Å². The molecule has 8 nitrogen and oxygen atoms in total. The predicted octanol–water partition coefficient (Wildman–Crippen LogP) is 0.850. The van der Waals surface area contributed by atoms with Crippen LogP contribution in [-0.4, -0.2) is 24.7 Å². The highest BCUT2D eigenvalue weighted by molar-refractivity contribution is 5.66. The molecule has 17 heavy (non-hydrogen) atoms. The fraction of sp³-hybridized carbons (Fsp3) is 0.222. The minimum Gasteiger partial charge on any atom is -0.368 e. The molecule has 2 aromatic heterocycles. The minimum absolute atomic E-state index is 0.00514. The van der Waals surface area contributed by atoms with Crippen molar-refractivity contribution >= 4 is 11.6 Å². The first-order valence-electron chi connectivity index (χ1n) is 4.92. The van der Waals surface area contributed by atoms with E-state index in [1.54, 1.807) is 16.9 Å². The molecular formula is C9H10N6O2. The van der Waals surface area contributed by atoms with Crippen LogP contribution in [0.4, 0.5) is 11.6 Å². The van der Waals surface area contributed by atoms with Gasteiger partial charge in [-0.2, -0.15) is 5.10 Å². The van der Waals surface area contributed by atoms with Gasteiger partial charge in [0, 0.05) is 12.7 Å². The Morgan fingerprint density at radius 1 is 1.59 bits per heavy atom. The third kappa shape index (κ3) is 1.92. The van der Waals surface area contributed by atoms with E-state index in [9.17, 15) is 10.1 Å². The van der Waals surface area contributed by atoms with Crippen molar-refractivity contribution in [1.29, 1.82) is 0 Å². The highest BCUT2D eigenvalue weighted by Gasteiger charge is 2.20. The SMILES string of the molecule is CCn1nccc1-c1nc(N)ncc1[N+](=O)[O-]. The zero-order valence-corrected chi connectivity index (χ0v) is 9.07. The van der Waals surface area contributed by atoms with Crippen molar-refractivity contribution in [3.05, 3.63) is 28.6 Å². The molecule has 0 unspecified atom stereocenters. The van der Waals surface area contributed by atoms with Crippen LogP contribution in [-0.2, 0) is 6.54 Å². The Balaban J connectivity index is 2.65. The summed E-state index contributed by atoms with van der Waals surface area (Å²) in [6, 6.07) is 1.65. The molecule has 0 saturated heterocycles. The summed E-state index contributed by atoms with van der Waals surface area (Å²) in [6.07, 6.45) is 2.66. The van der Waals surface area contributed by atoms with Gasteiger partial charge in [-0.3, -0.25) is 14.8 Å². The lowest BCUT2D eigenvalue weighted by atomic mass is 10.2. The van der Waals surface area contributed by atoms with Crippen LogP contribution in [0.5, 0.6) is 0 Å². The first-order chi connectivity index (χ1) is 8.13. The van der Waals surface area contributed by atoms with Crippen LogP contribution >= 0.6 is 0 Å². The second-order valence-corrected chi connectivity index (χ2v) is 3.25. The first-order valence-corrected chi connectivity index (χ1v) is 4.92. The standard InChI is InChI=1S/C9H10N6O2/c1-2-14-6(3-4-12-14)8-7(15(16)17)5-11-9(10)13-8/h3-5H,2H2,1H3,(H2,10,11,13). The van der Waals surface area contributed by atoms with E-state index in [1.807, 2.05) is 6.92 Å². The van der Waals surface area contributed by atoms with Crippen LogP contribution in [0.1, 0.15) is 6.92 Å². The molecule has 0 fully saturated rings. The zero-order chi connectivity index (χ0) is 12.4. The van der Waals surface area contributed by atoms with Gasteiger partial charge in [-0.25, -0.2) is 9.97 Å². The second kappa shape index (κ2) is 4.16. The number of aryl methyl sites for hydroxylation is 1. The van der Waals surface area contributed by atoms with E-state index in [2.05, 4.69) is 15.1 Å². The summed E-state index contributed by atoms with van der Waals surface area (Å²) in [7, 11) is 0. The van der Waals surface area contributed by atoms with Crippen LogP contribution in [0.3, 0.4) is 0 Å². The molecule has 0 bridgehead atoms. The lowest BCUT2D eigenvalue weighted by molar-refractivity contribution is -0.384. The number of anilines is 1. The van der Waals surface area contributed by atoms with Gasteiger partial charge < -0.3 is 5.73 Å². The van der Waals surface area contributed by atoms with E-state index in [4.69, 9.17) is 5.73 Å². The number of rotatable bonds is 3. The van der Waals surface area contributed by atoms with Crippen LogP contribution in [0.25, 0.3) is 11.4 Å². The number of nitrogens with two attached hydrogens (primary N) is 1. The Morgan fingerprint density at radius 2 is 2.35 bits per heavy atom. The second-order valence-electron chi connectivity index (χ2n) is 3.25. The summed E-state index contributed by atoms with van der Waals surface area (Å²) in [6.45, 7) is 2.47. The summed E-state index contributed by atoms with van der Waals surface area (Å²) in [4.78, 5) is 17.9. The molecule has 2 rings (SSSR count). The summed E-state index contributed by atoms with van der Waals surface area (Å²) in [5, 5.41) is 14.9. The summed E-state index contributed by atoms with van der Waals surface area (Å²) in [5.74, 6) is -0.00514. The average molecular weight is 234 g/mol. The molecule has 0 amide bonds. The molecule has 2 N–H and O–H groups in total. The number of hydrogen-bond acceptors (Lipinski definition) is 6. The van der Waals surface area contributed by atoms with E-state index >= 15 is 0 Å². The van der Waals surface area contributed by atoms with Gasteiger partial charge in [-0.15, -0.1) is 0 Å². The Labute approximate surface area is 96.3 Å². The number of nitrogen functional groups attached to an aromatic ring is 1. The molecule has 0 spiro atoms. The fourth-order valence-electron chi connectivity index (χ4n) is 1.50. The molecule has 0 saturated carbocycles. The van der Waals surface area contributed by atoms with Crippen LogP contribution < -0.4 is 5.73 Å². The lowest BCUT2D eigenvalue weighted by Crippen LogP contribution is -2.05. The van der Waals surface area contributed by atoms with Gasteiger partial charge in [0.1, 0.15) is 6.20 Å². The first kappa shape index (κ1) is 11.0.